The van der Waals surface area contributed by atoms with Crippen LogP contribution in [0.1, 0.15) is 70.5 Å². The predicted octanol–water partition coefficient (Wildman–Crippen LogP) is 6.71. The fourth-order valence-corrected chi connectivity index (χ4v) is 5.24. The van der Waals surface area contributed by atoms with Crippen molar-refractivity contribution in [2.45, 2.75) is 52.7 Å². The zero-order chi connectivity index (χ0) is 25.9. The van der Waals surface area contributed by atoms with Gasteiger partial charge in [0.15, 0.2) is 0 Å². The molecule has 3 aromatic carbocycles. The van der Waals surface area contributed by atoms with Gasteiger partial charge in [-0.15, -0.1) is 0 Å². The molecule has 37 heavy (non-hydrogen) atoms. The highest BCUT2D eigenvalue weighted by molar-refractivity contribution is 6.00. The molecule has 5 rings (SSSR count). The number of hydrogen-bond donors (Lipinski definition) is 2. The van der Waals surface area contributed by atoms with E-state index in [1.54, 1.807) is 6.07 Å². The lowest BCUT2D eigenvalue weighted by molar-refractivity contribution is 0.0740. The molecule has 6 nitrogen and oxygen atoms in total. The fourth-order valence-electron chi connectivity index (χ4n) is 5.24. The number of nitrogens with one attached hydrogen (secondary N) is 1. The molecule has 0 fully saturated rings. The van der Waals surface area contributed by atoms with E-state index >= 15 is 0 Å². The Hall–Kier alpha value is -4.06. The maximum Gasteiger partial charge on any atom is 0.273 e. The summed E-state index contributed by atoms with van der Waals surface area (Å²) >= 11 is 0. The highest BCUT2D eigenvalue weighted by Crippen LogP contribution is 2.45. The number of hydrogen-bond acceptors (Lipinski definition) is 4. The molecule has 1 aromatic heterocycles. The number of fused-ring (bicyclic) bond motifs is 1. The first-order valence-electron chi connectivity index (χ1n) is 12.9. The number of amides is 1. The van der Waals surface area contributed by atoms with Crippen molar-refractivity contribution in [3.05, 3.63) is 100 Å². The second-order valence-electron chi connectivity index (χ2n) is 9.79. The summed E-state index contributed by atoms with van der Waals surface area (Å²) in [6.07, 6.45) is 3.06. The molecular formula is C31H33N3O3. The van der Waals surface area contributed by atoms with Crippen LogP contribution in [0.2, 0.25) is 0 Å². The van der Waals surface area contributed by atoms with Crippen LogP contribution in [0.15, 0.2) is 66.7 Å². The smallest absolute Gasteiger partial charge is 0.273 e. The third kappa shape index (κ3) is 4.84. The van der Waals surface area contributed by atoms with Crippen molar-refractivity contribution < 1.29 is 14.6 Å². The summed E-state index contributed by atoms with van der Waals surface area (Å²) in [6, 6.07) is 21.5. The Morgan fingerprint density at radius 2 is 1.78 bits per heavy atom. The Morgan fingerprint density at radius 1 is 1.03 bits per heavy atom. The second-order valence-corrected chi connectivity index (χ2v) is 9.79. The molecule has 1 amide bonds. The zero-order valence-corrected chi connectivity index (χ0v) is 21.6. The maximum atomic E-state index is 13.5. The predicted molar refractivity (Wildman–Crippen MR) is 145 cm³/mol. The van der Waals surface area contributed by atoms with E-state index in [0.29, 0.717) is 30.1 Å². The standard InChI is InChI=1S/C31H33N3O3/c1-4-5-9-16-34-30(23-12-14-24(15-13-23)37-19-22-10-7-6-8-11-22)27-28(32-33-29(27)31(34)36)26-21(3)17-20(2)18-25(26)35/h6-8,10-15,17-18,30,35H,4-5,9,16,19H2,1-3H3,(H,32,33). The number of carbonyl (C=O) groups excluding carboxylic acids is 1. The number of aryl methyl sites for hydroxylation is 2. The topological polar surface area (TPSA) is 78.5 Å². The van der Waals surface area contributed by atoms with Gasteiger partial charge < -0.3 is 14.7 Å². The number of aromatic hydroxyl groups is 1. The van der Waals surface area contributed by atoms with Gasteiger partial charge in [0.1, 0.15) is 29.5 Å². The van der Waals surface area contributed by atoms with Crippen molar-refractivity contribution in [3.8, 4) is 22.8 Å². The summed E-state index contributed by atoms with van der Waals surface area (Å²) in [4.78, 5) is 15.5. The van der Waals surface area contributed by atoms with E-state index in [2.05, 4.69) is 17.1 Å². The summed E-state index contributed by atoms with van der Waals surface area (Å²) in [6.45, 7) is 7.23. The first kappa shape index (κ1) is 24.6. The van der Waals surface area contributed by atoms with E-state index in [9.17, 15) is 9.90 Å². The van der Waals surface area contributed by atoms with Gasteiger partial charge in [-0.1, -0.05) is 68.3 Å². The van der Waals surface area contributed by atoms with E-state index in [0.717, 1.165) is 52.8 Å². The Morgan fingerprint density at radius 3 is 2.49 bits per heavy atom. The first-order valence-corrected chi connectivity index (χ1v) is 12.9. The van der Waals surface area contributed by atoms with Crippen LogP contribution in [-0.2, 0) is 6.61 Å². The Labute approximate surface area is 217 Å². The molecule has 190 valence electrons. The lowest BCUT2D eigenvalue weighted by atomic mass is 9.93. The minimum atomic E-state index is -0.295. The molecule has 1 aliphatic heterocycles. The molecule has 0 saturated heterocycles. The van der Waals surface area contributed by atoms with Crippen molar-refractivity contribution >= 4 is 5.91 Å². The molecule has 0 spiro atoms. The Balaban J connectivity index is 1.51. The van der Waals surface area contributed by atoms with Crippen molar-refractivity contribution in [2.24, 2.45) is 0 Å². The van der Waals surface area contributed by atoms with Crippen LogP contribution in [0.3, 0.4) is 0 Å². The van der Waals surface area contributed by atoms with Gasteiger partial charge in [-0.3, -0.25) is 9.89 Å². The molecule has 1 aliphatic rings. The summed E-state index contributed by atoms with van der Waals surface area (Å²) in [5.41, 5.74) is 6.61. The van der Waals surface area contributed by atoms with Crippen LogP contribution in [0.5, 0.6) is 11.5 Å². The van der Waals surface area contributed by atoms with Crippen LogP contribution >= 0.6 is 0 Å². The molecule has 1 atom stereocenters. The molecule has 2 heterocycles. The molecule has 0 saturated carbocycles. The first-order chi connectivity index (χ1) is 18.0. The van der Waals surface area contributed by atoms with Gasteiger partial charge in [-0.2, -0.15) is 5.10 Å². The molecule has 6 heteroatoms. The fraction of sp³-hybridized carbons (Fsp3) is 0.290. The number of ether oxygens (including phenoxy) is 1. The molecular weight excluding hydrogens is 462 g/mol. The number of carbonyl (C=O) groups is 1. The van der Waals surface area contributed by atoms with E-state index in [-0.39, 0.29) is 17.7 Å². The number of benzene rings is 3. The SMILES string of the molecule is CCCCCN1C(=O)c2[nH]nc(-c3c(C)cc(C)cc3O)c2C1c1ccc(OCc2ccccc2)cc1. The van der Waals surface area contributed by atoms with Crippen molar-refractivity contribution in [3.63, 3.8) is 0 Å². The van der Waals surface area contributed by atoms with E-state index < -0.39 is 0 Å². The van der Waals surface area contributed by atoms with E-state index in [4.69, 9.17) is 4.74 Å². The molecule has 0 aliphatic carbocycles. The number of rotatable bonds is 9. The number of phenols is 1. The lowest BCUT2D eigenvalue weighted by Gasteiger charge is -2.27. The minimum Gasteiger partial charge on any atom is -0.507 e. The largest absolute Gasteiger partial charge is 0.507 e. The van der Waals surface area contributed by atoms with Gasteiger partial charge >= 0.3 is 0 Å². The van der Waals surface area contributed by atoms with Gasteiger partial charge in [-0.25, -0.2) is 0 Å². The molecule has 2 N–H and O–H groups in total. The van der Waals surface area contributed by atoms with E-state index in [1.165, 1.54) is 0 Å². The quantitative estimate of drug-likeness (QED) is 0.253. The summed E-state index contributed by atoms with van der Waals surface area (Å²) in [7, 11) is 0. The van der Waals surface area contributed by atoms with Crippen LogP contribution in [0, 0.1) is 13.8 Å². The van der Waals surface area contributed by atoms with Crippen LogP contribution < -0.4 is 4.74 Å². The highest BCUT2D eigenvalue weighted by Gasteiger charge is 2.42. The summed E-state index contributed by atoms with van der Waals surface area (Å²) in [5.74, 6) is 0.893. The number of aromatic amines is 1. The van der Waals surface area contributed by atoms with Crippen molar-refractivity contribution in [1.82, 2.24) is 15.1 Å². The molecule has 1 unspecified atom stereocenters. The number of aromatic nitrogens is 2. The van der Waals surface area contributed by atoms with Gasteiger partial charge in [0, 0.05) is 17.7 Å². The number of H-pyrrole nitrogens is 1. The molecule has 0 bridgehead atoms. The van der Waals surface area contributed by atoms with Gasteiger partial charge in [0.05, 0.1) is 6.04 Å². The lowest BCUT2D eigenvalue weighted by Crippen LogP contribution is -2.30. The minimum absolute atomic E-state index is 0.0523. The molecule has 4 aromatic rings. The normalized spacial score (nSPS) is 14.7. The number of phenolic OH excluding ortho intramolecular Hbond substituents is 1. The van der Waals surface area contributed by atoms with Gasteiger partial charge in [-0.05, 0) is 60.7 Å². The zero-order valence-electron chi connectivity index (χ0n) is 21.6. The third-order valence-electron chi connectivity index (χ3n) is 7.01. The Kier molecular flexibility index (Phi) is 6.99. The average Bonchev–Trinajstić information content (AvgIpc) is 3.42. The third-order valence-corrected chi connectivity index (χ3v) is 7.01. The molecule has 0 radical (unpaired) electrons. The Bertz CT molecular complexity index is 1370. The van der Waals surface area contributed by atoms with Gasteiger partial charge in [0.25, 0.3) is 5.91 Å². The maximum absolute atomic E-state index is 13.5. The highest BCUT2D eigenvalue weighted by atomic mass is 16.5. The number of nitrogens with zero attached hydrogens (tertiary/aromatic N) is 2. The van der Waals surface area contributed by atoms with Crippen LogP contribution in [0.4, 0.5) is 0 Å². The number of unbranched alkanes of at least 4 members (excludes halogenated alkanes) is 2. The van der Waals surface area contributed by atoms with Crippen LogP contribution in [0.25, 0.3) is 11.3 Å². The van der Waals surface area contributed by atoms with Crippen molar-refractivity contribution in [2.75, 3.05) is 6.54 Å². The average molecular weight is 496 g/mol. The van der Waals surface area contributed by atoms with Gasteiger partial charge in [0.2, 0.25) is 0 Å². The van der Waals surface area contributed by atoms with E-state index in [1.807, 2.05) is 79.4 Å². The van der Waals surface area contributed by atoms with Crippen molar-refractivity contribution in [1.29, 1.82) is 0 Å². The van der Waals surface area contributed by atoms with Crippen LogP contribution in [-0.4, -0.2) is 32.7 Å². The summed E-state index contributed by atoms with van der Waals surface area (Å²) in [5, 5.41) is 18.4. The second kappa shape index (κ2) is 10.5. The summed E-state index contributed by atoms with van der Waals surface area (Å²) < 4.78 is 6.00. The monoisotopic (exact) mass is 495 g/mol.